The first-order valence-electron chi connectivity index (χ1n) is 3.77. The molecule has 2 aliphatic heterocycles. The predicted molar refractivity (Wildman–Crippen MR) is 45.7 cm³/mol. The summed E-state index contributed by atoms with van der Waals surface area (Å²) in [5, 5.41) is 3.76. The van der Waals surface area contributed by atoms with Crippen LogP contribution in [0, 0.1) is 0 Å². The standard InChI is InChI=1S/C8H4N4O/c1-3-9-5(1)7-11-8(13-12-7)6-2-4-10-6/h1-4H. The van der Waals surface area contributed by atoms with E-state index in [0.29, 0.717) is 11.7 Å². The Labute approximate surface area is 73.2 Å². The molecule has 0 unspecified atom stereocenters. The monoisotopic (exact) mass is 172 g/mol. The third-order valence-corrected chi connectivity index (χ3v) is 1.77. The minimum atomic E-state index is 0.445. The number of aliphatic imine (C=N–C) groups is 2. The van der Waals surface area contributed by atoms with Gasteiger partial charge in [0.15, 0.2) is 0 Å². The fraction of sp³-hybridized carbons (Fsp3) is 0. The number of nitrogens with zero attached hydrogens (tertiary/aromatic N) is 4. The number of rotatable bonds is 2. The van der Waals surface area contributed by atoms with E-state index in [2.05, 4.69) is 20.1 Å². The Balaban J connectivity index is 1.93. The van der Waals surface area contributed by atoms with E-state index in [0.717, 1.165) is 11.4 Å². The molecular formula is C8H4N4O. The molecule has 0 saturated carbocycles. The van der Waals surface area contributed by atoms with Crippen molar-refractivity contribution in [3.8, 4) is 0 Å². The van der Waals surface area contributed by atoms with E-state index in [1.165, 1.54) is 0 Å². The molecule has 0 bridgehead atoms. The average molecular weight is 172 g/mol. The summed E-state index contributed by atoms with van der Waals surface area (Å²) in [6.45, 7) is 0. The first-order chi connectivity index (χ1) is 6.43. The highest BCUT2D eigenvalue weighted by atomic mass is 16.5. The maximum absolute atomic E-state index is 4.97. The zero-order valence-corrected chi connectivity index (χ0v) is 6.51. The number of allylic oxidation sites excluding steroid dienone is 2. The summed E-state index contributed by atoms with van der Waals surface area (Å²) in [4.78, 5) is 12.0. The van der Waals surface area contributed by atoms with Crippen molar-refractivity contribution in [2.24, 2.45) is 9.98 Å². The molecule has 3 rings (SSSR count). The second-order valence-electron chi connectivity index (χ2n) is 2.58. The first-order valence-corrected chi connectivity index (χ1v) is 3.77. The lowest BCUT2D eigenvalue weighted by atomic mass is 10.2. The van der Waals surface area contributed by atoms with Crippen LogP contribution in [-0.4, -0.2) is 21.6 Å². The third kappa shape index (κ3) is 0.868. The van der Waals surface area contributed by atoms with Crippen LogP contribution in [0.1, 0.15) is 11.7 Å². The summed E-state index contributed by atoms with van der Waals surface area (Å²) in [6, 6.07) is 0. The highest BCUT2D eigenvalue weighted by Gasteiger charge is 2.17. The normalized spacial score (nSPS) is 17.5. The van der Waals surface area contributed by atoms with Crippen molar-refractivity contribution in [1.82, 2.24) is 10.1 Å². The van der Waals surface area contributed by atoms with Crippen molar-refractivity contribution in [3.05, 3.63) is 36.3 Å². The van der Waals surface area contributed by atoms with Crippen molar-refractivity contribution in [3.63, 3.8) is 0 Å². The SMILES string of the molecule is C1=CC(c2noc(C3=NC=C3)n2)=N1. The molecule has 1 aromatic heterocycles. The van der Waals surface area contributed by atoms with E-state index in [-0.39, 0.29) is 0 Å². The highest BCUT2D eigenvalue weighted by Crippen LogP contribution is 2.10. The number of aromatic nitrogens is 2. The molecule has 0 amide bonds. The first kappa shape index (κ1) is 6.47. The largest absolute Gasteiger partial charge is 0.332 e. The lowest BCUT2D eigenvalue weighted by Crippen LogP contribution is -2.06. The molecule has 0 saturated heterocycles. The summed E-state index contributed by atoms with van der Waals surface area (Å²) in [5.74, 6) is 0.959. The van der Waals surface area contributed by atoms with Gasteiger partial charge in [0.05, 0.1) is 0 Å². The van der Waals surface area contributed by atoms with Gasteiger partial charge in [-0.1, -0.05) is 5.16 Å². The van der Waals surface area contributed by atoms with Crippen LogP contribution < -0.4 is 0 Å². The Morgan fingerprint density at radius 2 is 1.69 bits per heavy atom. The Morgan fingerprint density at radius 1 is 1.00 bits per heavy atom. The molecule has 0 radical (unpaired) electrons. The Kier molecular flexibility index (Phi) is 1.11. The summed E-state index contributed by atoms with van der Waals surface area (Å²) in [5.41, 5.74) is 1.47. The Bertz CT molecular complexity index is 436. The van der Waals surface area contributed by atoms with Crippen LogP contribution in [0.2, 0.25) is 0 Å². The van der Waals surface area contributed by atoms with Crippen LogP contribution in [0.15, 0.2) is 39.1 Å². The van der Waals surface area contributed by atoms with Gasteiger partial charge in [-0.3, -0.25) is 9.98 Å². The van der Waals surface area contributed by atoms with Crippen molar-refractivity contribution >= 4 is 11.4 Å². The molecular weight excluding hydrogens is 168 g/mol. The van der Waals surface area contributed by atoms with E-state index in [1.807, 2.05) is 12.2 Å². The van der Waals surface area contributed by atoms with Gasteiger partial charge in [-0.15, -0.1) is 0 Å². The molecule has 0 atom stereocenters. The van der Waals surface area contributed by atoms with Crippen molar-refractivity contribution in [2.45, 2.75) is 0 Å². The lowest BCUT2D eigenvalue weighted by Gasteiger charge is -1.98. The molecule has 1 aromatic rings. The molecule has 0 N–H and O–H groups in total. The topological polar surface area (TPSA) is 63.6 Å². The van der Waals surface area contributed by atoms with Crippen LogP contribution in [0.25, 0.3) is 0 Å². The van der Waals surface area contributed by atoms with Crippen LogP contribution in [0.5, 0.6) is 0 Å². The molecule has 5 nitrogen and oxygen atoms in total. The van der Waals surface area contributed by atoms with Gasteiger partial charge in [-0.2, -0.15) is 4.98 Å². The van der Waals surface area contributed by atoms with Crippen LogP contribution in [0.3, 0.4) is 0 Å². The summed E-state index contributed by atoms with van der Waals surface area (Å²) in [7, 11) is 0. The van der Waals surface area contributed by atoms with Crippen LogP contribution in [-0.2, 0) is 0 Å². The van der Waals surface area contributed by atoms with Gasteiger partial charge < -0.3 is 4.52 Å². The quantitative estimate of drug-likeness (QED) is 0.659. The molecule has 2 aliphatic rings. The number of hydrogen-bond donors (Lipinski definition) is 0. The summed E-state index contributed by atoms with van der Waals surface area (Å²) < 4.78 is 4.97. The van der Waals surface area contributed by atoms with Gasteiger partial charge in [0, 0.05) is 12.4 Å². The van der Waals surface area contributed by atoms with Crippen LogP contribution in [0.4, 0.5) is 0 Å². The molecule has 5 heteroatoms. The van der Waals surface area contributed by atoms with Crippen molar-refractivity contribution < 1.29 is 4.52 Å². The minimum absolute atomic E-state index is 0.445. The van der Waals surface area contributed by atoms with Crippen molar-refractivity contribution in [2.75, 3.05) is 0 Å². The van der Waals surface area contributed by atoms with E-state index < -0.39 is 0 Å². The molecule has 62 valence electrons. The summed E-state index contributed by atoms with van der Waals surface area (Å²) in [6.07, 6.45) is 7.01. The van der Waals surface area contributed by atoms with E-state index in [4.69, 9.17) is 4.52 Å². The highest BCUT2D eigenvalue weighted by molar-refractivity contribution is 6.12. The molecule has 0 spiro atoms. The molecule has 0 aromatic carbocycles. The maximum Gasteiger partial charge on any atom is 0.276 e. The smallest absolute Gasteiger partial charge is 0.276 e. The average Bonchev–Trinajstić information content (AvgIpc) is 2.29. The molecule has 0 aliphatic carbocycles. The zero-order chi connectivity index (χ0) is 8.67. The van der Waals surface area contributed by atoms with E-state index >= 15 is 0 Å². The van der Waals surface area contributed by atoms with Gasteiger partial charge in [0.1, 0.15) is 11.4 Å². The Hall–Kier alpha value is -2.04. The Morgan fingerprint density at radius 3 is 2.23 bits per heavy atom. The fourth-order valence-electron chi connectivity index (χ4n) is 0.988. The third-order valence-electron chi connectivity index (χ3n) is 1.77. The van der Waals surface area contributed by atoms with Crippen molar-refractivity contribution in [1.29, 1.82) is 0 Å². The van der Waals surface area contributed by atoms with E-state index in [1.54, 1.807) is 12.4 Å². The fourth-order valence-corrected chi connectivity index (χ4v) is 0.988. The molecule has 0 fully saturated rings. The number of hydrogen-bond acceptors (Lipinski definition) is 5. The molecule has 13 heavy (non-hydrogen) atoms. The minimum Gasteiger partial charge on any atom is -0.332 e. The lowest BCUT2D eigenvalue weighted by molar-refractivity contribution is 0.409. The van der Waals surface area contributed by atoms with Gasteiger partial charge in [0.2, 0.25) is 5.82 Å². The zero-order valence-electron chi connectivity index (χ0n) is 6.51. The van der Waals surface area contributed by atoms with Gasteiger partial charge in [0.25, 0.3) is 5.89 Å². The van der Waals surface area contributed by atoms with E-state index in [9.17, 15) is 0 Å². The van der Waals surface area contributed by atoms with Gasteiger partial charge in [-0.05, 0) is 12.2 Å². The van der Waals surface area contributed by atoms with Gasteiger partial charge in [-0.25, -0.2) is 0 Å². The van der Waals surface area contributed by atoms with Crippen LogP contribution >= 0.6 is 0 Å². The summed E-state index contributed by atoms with van der Waals surface area (Å²) >= 11 is 0. The maximum atomic E-state index is 4.97. The predicted octanol–water partition coefficient (Wildman–Crippen LogP) is 0.702. The molecule has 3 heterocycles. The second kappa shape index (κ2) is 2.22. The van der Waals surface area contributed by atoms with Gasteiger partial charge >= 0.3 is 0 Å². The second-order valence-corrected chi connectivity index (χ2v) is 2.58.